The highest BCUT2D eigenvalue weighted by atomic mass is 16.5. The summed E-state index contributed by atoms with van der Waals surface area (Å²) in [7, 11) is 2.88. The molecule has 0 bridgehead atoms. The number of anilines is 2. The summed E-state index contributed by atoms with van der Waals surface area (Å²) in [5.74, 6) is 0.0469. The molecule has 2 aromatic heterocycles. The van der Waals surface area contributed by atoms with Gasteiger partial charge >= 0.3 is 0 Å². The average Bonchev–Trinajstić information content (AvgIpc) is 2.75. The van der Waals surface area contributed by atoms with Crippen LogP contribution < -0.4 is 26.1 Å². The van der Waals surface area contributed by atoms with Crippen molar-refractivity contribution in [3.63, 3.8) is 0 Å². The molecule has 2 heterocycles. The lowest BCUT2D eigenvalue weighted by molar-refractivity contribution is -0.121. The van der Waals surface area contributed by atoms with Crippen molar-refractivity contribution in [1.29, 1.82) is 0 Å². The number of ether oxygens (including phenoxy) is 2. The van der Waals surface area contributed by atoms with Gasteiger partial charge in [0.2, 0.25) is 11.9 Å². The zero-order valence-electron chi connectivity index (χ0n) is 18.2. The topological polar surface area (TPSA) is 151 Å². The molecular weight excluding hydrogens is 416 g/mol. The van der Waals surface area contributed by atoms with E-state index in [9.17, 15) is 14.4 Å². The van der Waals surface area contributed by atoms with Gasteiger partial charge in [-0.05, 0) is 18.1 Å². The van der Waals surface area contributed by atoms with Gasteiger partial charge in [-0.3, -0.25) is 24.3 Å². The van der Waals surface area contributed by atoms with Gasteiger partial charge < -0.3 is 15.2 Å². The van der Waals surface area contributed by atoms with Crippen LogP contribution in [0.2, 0.25) is 0 Å². The van der Waals surface area contributed by atoms with Crippen molar-refractivity contribution in [3.05, 3.63) is 40.4 Å². The number of carbonyl (C=O) groups is 2. The van der Waals surface area contributed by atoms with E-state index in [1.54, 1.807) is 6.07 Å². The molecule has 0 aliphatic heterocycles. The lowest BCUT2D eigenvalue weighted by atomic mass is 10.1. The van der Waals surface area contributed by atoms with Crippen LogP contribution in [0.15, 0.2) is 29.3 Å². The number of rotatable bonds is 8. The number of Topliss-reactive ketones (excluding diaryl/α,β-unsaturated/α-hetero) is 1. The van der Waals surface area contributed by atoms with E-state index in [4.69, 9.17) is 15.2 Å². The number of aromatic nitrogens is 4. The monoisotopic (exact) mass is 440 g/mol. The summed E-state index contributed by atoms with van der Waals surface area (Å²) in [6.45, 7) is 3.76. The van der Waals surface area contributed by atoms with Gasteiger partial charge in [-0.15, -0.1) is 0 Å². The van der Waals surface area contributed by atoms with Gasteiger partial charge in [-0.25, -0.2) is 15.0 Å². The van der Waals surface area contributed by atoms with Gasteiger partial charge in [0.05, 0.1) is 18.1 Å². The van der Waals surface area contributed by atoms with E-state index in [1.807, 2.05) is 13.8 Å². The summed E-state index contributed by atoms with van der Waals surface area (Å²) < 4.78 is 12.3. The van der Waals surface area contributed by atoms with Gasteiger partial charge in [-0.1, -0.05) is 13.8 Å². The molecule has 0 saturated carbocycles. The molecule has 32 heavy (non-hydrogen) atoms. The van der Waals surface area contributed by atoms with Crippen LogP contribution in [-0.2, 0) is 11.8 Å². The van der Waals surface area contributed by atoms with E-state index in [1.165, 1.54) is 37.2 Å². The molecule has 1 amide bonds. The van der Waals surface area contributed by atoms with Crippen molar-refractivity contribution < 1.29 is 19.1 Å². The molecule has 0 fully saturated rings. The third kappa shape index (κ3) is 4.82. The van der Waals surface area contributed by atoms with Crippen LogP contribution in [0, 0.1) is 5.92 Å². The molecule has 0 unspecified atom stereocenters. The third-order valence-electron chi connectivity index (χ3n) is 4.55. The Bertz CT molecular complexity index is 1220. The van der Waals surface area contributed by atoms with Crippen LogP contribution in [0.4, 0.5) is 11.9 Å². The number of amides is 1. The molecule has 3 rings (SSSR count). The van der Waals surface area contributed by atoms with E-state index >= 15 is 0 Å². The smallest absolute Gasteiger partial charge is 0.262 e. The summed E-state index contributed by atoms with van der Waals surface area (Å²) in [5, 5.41) is 2.83. The Morgan fingerprint density at radius 3 is 2.53 bits per heavy atom. The number of hydrogen-bond acceptors (Lipinski definition) is 9. The molecule has 0 saturated heterocycles. The second kappa shape index (κ2) is 9.41. The predicted molar refractivity (Wildman–Crippen MR) is 118 cm³/mol. The average molecular weight is 440 g/mol. The van der Waals surface area contributed by atoms with Gasteiger partial charge in [0, 0.05) is 25.9 Å². The number of carbonyl (C=O) groups excluding carboxylic acids is 2. The molecule has 3 aromatic rings. The Morgan fingerprint density at radius 1 is 1.22 bits per heavy atom. The Labute approximate surface area is 183 Å². The first kappa shape index (κ1) is 22.7. The number of ketones is 1. The maximum atomic E-state index is 12.9. The molecule has 1 aromatic carbocycles. The second-order valence-corrected chi connectivity index (χ2v) is 7.50. The standard InChI is InChI=1S/C21H24N6O5/c1-11(2)7-13(28)10-32-15-6-5-14-16(17(15)31-4)25-21(27(3)19(14)30)26-18(29)12-8-23-20(22)24-9-12/h5-6,8-9,11H,7,10H2,1-4H3,(H2,22,23,24)(H,25,26,29). The first-order chi connectivity index (χ1) is 15.2. The summed E-state index contributed by atoms with van der Waals surface area (Å²) >= 11 is 0. The van der Waals surface area contributed by atoms with Crippen molar-refractivity contribution >= 4 is 34.5 Å². The molecule has 0 atom stereocenters. The third-order valence-corrected chi connectivity index (χ3v) is 4.55. The number of nitrogen functional groups attached to an aromatic ring is 1. The Morgan fingerprint density at radius 2 is 1.91 bits per heavy atom. The number of fused-ring (bicyclic) bond motifs is 1. The number of nitrogens with two attached hydrogens (primary N) is 1. The van der Waals surface area contributed by atoms with E-state index in [0.717, 1.165) is 0 Å². The summed E-state index contributed by atoms with van der Waals surface area (Å²) in [5.41, 5.74) is 5.37. The fourth-order valence-corrected chi connectivity index (χ4v) is 3.02. The molecular formula is C21H24N6O5. The minimum atomic E-state index is -0.572. The van der Waals surface area contributed by atoms with Gasteiger partial charge in [0.25, 0.3) is 11.5 Å². The van der Waals surface area contributed by atoms with Crippen LogP contribution in [-0.4, -0.2) is 44.9 Å². The number of nitrogens with one attached hydrogen (secondary N) is 1. The van der Waals surface area contributed by atoms with Gasteiger partial charge in [0.1, 0.15) is 12.1 Å². The summed E-state index contributed by atoms with van der Waals surface area (Å²) in [6.07, 6.45) is 2.91. The van der Waals surface area contributed by atoms with Crippen molar-refractivity contribution in [3.8, 4) is 11.5 Å². The Kier molecular flexibility index (Phi) is 6.67. The van der Waals surface area contributed by atoms with Crippen LogP contribution in [0.5, 0.6) is 11.5 Å². The highest BCUT2D eigenvalue weighted by Crippen LogP contribution is 2.33. The quantitative estimate of drug-likeness (QED) is 0.531. The van der Waals surface area contributed by atoms with Crippen LogP contribution in [0.25, 0.3) is 10.9 Å². The van der Waals surface area contributed by atoms with E-state index < -0.39 is 11.5 Å². The molecule has 0 aliphatic carbocycles. The first-order valence-electron chi connectivity index (χ1n) is 9.82. The van der Waals surface area contributed by atoms with Crippen molar-refractivity contribution in [1.82, 2.24) is 19.5 Å². The van der Waals surface area contributed by atoms with Crippen LogP contribution in [0.3, 0.4) is 0 Å². The molecule has 3 N–H and O–H groups in total. The molecule has 11 heteroatoms. The van der Waals surface area contributed by atoms with Crippen molar-refractivity contribution in [2.45, 2.75) is 20.3 Å². The Hall–Kier alpha value is -4.02. The maximum Gasteiger partial charge on any atom is 0.262 e. The molecule has 168 valence electrons. The molecule has 11 nitrogen and oxygen atoms in total. The fourth-order valence-electron chi connectivity index (χ4n) is 3.02. The fraction of sp³-hybridized carbons (Fsp3) is 0.333. The lowest BCUT2D eigenvalue weighted by Crippen LogP contribution is -2.25. The van der Waals surface area contributed by atoms with E-state index in [2.05, 4.69) is 20.3 Å². The number of benzene rings is 1. The summed E-state index contributed by atoms with van der Waals surface area (Å²) in [4.78, 5) is 49.4. The van der Waals surface area contributed by atoms with E-state index in [-0.39, 0.29) is 58.2 Å². The second-order valence-electron chi connectivity index (χ2n) is 7.50. The first-order valence-corrected chi connectivity index (χ1v) is 9.82. The molecule has 0 radical (unpaired) electrons. The van der Waals surface area contributed by atoms with Gasteiger partial charge in [0.15, 0.2) is 17.3 Å². The summed E-state index contributed by atoms with van der Waals surface area (Å²) in [6, 6.07) is 3.09. The largest absolute Gasteiger partial charge is 0.491 e. The maximum absolute atomic E-state index is 12.9. The number of nitrogens with zero attached hydrogens (tertiary/aromatic N) is 4. The minimum Gasteiger partial charge on any atom is -0.491 e. The zero-order valence-corrected chi connectivity index (χ0v) is 18.2. The van der Waals surface area contributed by atoms with Gasteiger partial charge in [-0.2, -0.15) is 0 Å². The van der Waals surface area contributed by atoms with Crippen LogP contribution in [0.1, 0.15) is 30.6 Å². The highest BCUT2D eigenvalue weighted by molar-refractivity contribution is 6.03. The Balaban J connectivity index is 1.97. The minimum absolute atomic E-state index is 0.0179. The normalized spacial score (nSPS) is 10.9. The van der Waals surface area contributed by atoms with Crippen molar-refractivity contribution in [2.75, 3.05) is 24.8 Å². The number of hydrogen-bond donors (Lipinski definition) is 2. The lowest BCUT2D eigenvalue weighted by Gasteiger charge is -2.15. The zero-order chi connectivity index (χ0) is 23.4. The highest BCUT2D eigenvalue weighted by Gasteiger charge is 2.19. The van der Waals surface area contributed by atoms with Crippen molar-refractivity contribution in [2.24, 2.45) is 13.0 Å². The molecule has 0 spiro atoms. The SMILES string of the molecule is COc1c(OCC(=O)CC(C)C)ccc2c(=O)n(C)c(NC(=O)c3cnc(N)nc3)nc12. The molecule has 0 aliphatic rings. The predicted octanol–water partition coefficient (Wildman–Crippen LogP) is 1.56. The number of methoxy groups -OCH3 is 1. The van der Waals surface area contributed by atoms with E-state index in [0.29, 0.717) is 6.42 Å². The van der Waals surface area contributed by atoms with Crippen LogP contribution >= 0.6 is 0 Å².